The molecule has 1 heterocycles. The van der Waals surface area contributed by atoms with Crippen molar-refractivity contribution < 1.29 is 0 Å². The van der Waals surface area contributed by atoms with Crippen LogP contribution in [0.25, 0.3) is 0 Å². The first-order chi connectivity index (χ1) is 5.25. The van der Waals surface area contributed by atoms with Crippen LogP contribution in [0.5, 0.6) is 0 Å². The molecular formula is C8H11N3. The van der Waals surface area contributed by atoms with Crippen LogP contribution in [0.15, 0.2) is 18.5 Å². The number of hydrogen-bond acceptors (Lipinski definition) is 3. The Labute approximate surface area is 65.8 Å². The molecule has 0 radical (unpaired) electrons. The summed E-state index contributed by atoms with van der Waals surface area (Å²) in [5, 5.41) is 7.04. The Morgan fingerprint density at radius 2 is 2.45 bits per heavy atom. The van der Waals surface area contributed by atoms with Crippen LogP contribution in [0.4, 0.5) is 5.69 Å². The maximum atomic E-state index is 7.04. The molecule has 0 aromatic carbocycles. The van der Waals surface area contributed by atoms with Gasteiger partial charge in [-0.1, -0.05) is 6.92 Å². The van der Waals surface area contributed by atoms with E-state index in [4.69, 9.17) is 11.1 Å². The highest BCUT2D eigenvalue weighted by molar-refractivity contribution is 5.68. The van der Waals surface area contributed by atoms with Gasteiger partial charge in [0.25, 0.3) is 0 Å². The molecule has 3 heteroatoms. The second-order valence-electron chi connectivity index (χ2n) is 2.46. The van der Waals surface area contributed by atoms with Crippen molar-refractivity contribution in [3.8, 4) is 0 Å². The Morgan fingerprint density at radius 3 is 3.00 bits per heavy atom. The summed E-state index contributed by atoms with van der Waals surface area (Å²) in [5.41, 5.74) is 7.25. The molecule has 1 aromatic heterocycles. The monoisotopic (exact) mass is 149 g/mol. The molecule has 0 saturated carbocycles. The fraction of sp³-hybridized carbons (Fsp3) is 0.250. The Balaban J connectivity index is 3.02. The third-order valence-corrected chi connectivity index (χ3v) is 1.63. The molecule has 3 nitrogen and oxygen atoms in total. The van der Waals surface area contributed by atoms with Crippen molar-refractivity contribution in [3.63, 3.8) is 0 Å². The molecule has 11 heavy (non-hydrogen) atoms. The van der Waals surface area contributed by atoms with E-state index in [9.17, 15) is 0 Å². The van der Waals surface area contributed by atoms with Gasteiger partial charge in [0.05, 0.1) is 11.9 Å². The molecule has 1 atom stereocenters. The van der Waals surface area contributed by atoms with Gasteiger partial charge in [-0.25, -0.2) is 0 Å². The highest BCUT2D eigenvalue weighted by Crippen LogP contribution is 2.17. The zero-order chi connectivity index (χ0) is 8.27. The first-order valence-corrected chi connectivity index (χ1v) is 3.45. The lowest BCUT2D eigenvalue weighted by Gasteiger charge is -2.06. The normalized spacial score (nSPS) is 12.5. The number of nitrogen functional groups attached to an aromatic ring is 1. The number of rotatable bonds is 2. The minimum absolute atomic E-state index is 0.0815. The number of nitrogens with one attached hydrogen (secondary N) is 1. The molecule has 0 bridgehead atoms. The van der Waals surface area contributed by atoms with Crippen LogP contribution < -0.4 is 5.73 Å². The fourth-order valence-corrected chi connectivity index (χ4v) is 0.922. The average Bonchev–Trinajstić information content (AvgIpc) is 2.04. The van der Waals surface area contributed by atoms with Crippen molar-refractivity contribution >= 4 is 11.9 Å². The van der Waals surface area contributed by atoms with Crippen LogP contribution in [0.1, 0.15) is 18.4 Å². The number of aromatic nitrogens is 1. The Bertz CT molecular complexity index is 257. The zero-order valence-electron chi connectivity index (χ0n) is 6.41. The highest BCUT2D eigenvalue weighted by atomic mass is 14.7. The lowest BCUT2D eigenvalue weighted by atomic mass is 10.0. The molecular weight excluding hydrogens is 138 g/mol. The molecule has 1 rings (SSSR count). The molecule has 1 unspecified atom stereocenters. The van der Waals surface area contributed by atoms with E-state index in [2.05, 4.69) is 4.98 Å². The van der Waals surface area contributed by atoms with E-state index in [0.29, 0.717) is 5.69 Å². The van der Waals surface area contributed by atoms with E-state index in [1.807, 2.05) is 13.0 Å². The second kappa shape index (κ2) is 3.14. The first kappa shape index (κ1) is 7.72. The van der Waals surface area contributed by atoms with Crippen LogP contribution >= 0.6 is 0 Å². The standard InChI is InChI=1S/C8H11N3/c1-6(4-9)7-2-3-11-5-8(7)10/h2-6,9H,10H2,1H3. The zero-order valence-corrected chi connectivity index (χ0v) is 6.41. The summed E-state index contributed by atoms with van der Waals surface area (Å²) >= 11 is 0. The molecule has 0 aliphatic carbocycles. The third kappa shape index (κ3) is 1.55. The number of nitrogens with two attached hydrogens (primary N) is 1. The smallest absolute Gasteiger partial charge is 0.0539 e. The van der Waals surface area contributed by atoms with Gasteiger partial charge in [-0.3, -0.25) is 4.98 Å². The van der Waals surface area contributed by atoms with Gasteiger partial charge in [0.15, 0.2) is 0 Å². The van der Waals surface area contributed by atoms with E-state index in [1.165, 1.54) is 6.21 Å². The van der Waals surface area contributed by atoms with Crippen LogP contribution in [0.2, 0.25) is 0 Å². The van der Waals surface area contributed by atoms with Gasteiger partial charge in [-0.05, 0) is 11.6 Å². The van der Waals surface area contributed by atoms with Gasteiger partial charge in [0.1, 0.15) is 0 Å². The SMILES string of the molecule is CC(C=N)c1ccncc1N. The number of hydrogen-bond donors (Lipinski definition) is 2. The van der Waals surface area contributed by atoms with Crippen molar-refractivity contribution in [2.75, 3.05) is 5.73 Å². The van der Waals surface area contributed by atoms with Crippen LogP contribution in [0, 0.1) is 5.41 Å². The fourth-order valence-electron chi connectivity index (χ4n) is 0.922. The summed E-state index contributed by atoms with van der Waals surface area (Å²) < 4.78 is 0. The molecule has 0 saturated heterocycles. The quantitative estimate of drug-likeness (QED) is 0.624. The van der Waals surface area contributed by atoms with Crippen LogP contribution in [-0.2, 0) is 0 Å². The minimum atomic E-state index is 0.0815. The van der Waals surface area contributed by atoms with Gasteiger partial charge >= 0.3 is 0 Å². The summed E-state index contributed by atoms with van der Waals surface area (Å²) in [6.07, 6.45) is 4.66. The topological polar surface area (TPSA) is 62.8 Å². The lowest BCUT2D eigenvalue weighted by Crippen LogP contribution is -1.99. The first-order valence-electron chi connectivity index (χ1n) is 3.45. The van der Waals surface area contributed by atoms with E-state index < -0.39 is 0 Å². The highest BCUT2D eigenvalue weighted by Gasteiger charge is 2.04. The maximum Gasteiger partial charge on any atom is 0.0539 e. The van der Waals surface area contributed by atoms with Gasteiger partial charge in [-0.2, -0.15) is 0 Å². The summed E-state index contributed by atoms with van der Waals surface area (Å²) in [7, 11) is 0. The van der Waals surface area contributed by atoms with Crippen molar-refractivity contribution in [2.24, 2.45) is 0 Å². The van der Waals surface area contributed by atoms with Gasteiger partial charge in [0.2, 0.25) is 0 Å². The molecule has 0 amide bonds. The molecule has 58 valence electrons. The predicted octanol–water partition coefficient (Wildman–Crippen LogP) is 1.42. The van der Waals surface area contributed by atoms with Gasteiger partial charge in [-0.15, -0.1) is 0 Å². The molecule has 0 aliphatic rings. The minimum Gasteiger partial charge on any atom is -0.397 e. The molecule has 0 spiro atoms. The Kier molecular flexibility index (Phi) is 2.21. The number of pyridine rings is 1. The predicted molar refractivity (Wildman–Crippen MR) is 45.8 cm³/mol. The molecule has 0 fully saturated rings. The van der Waals surface area contributed by atoms with Crippen molar-refractivity contribution in [1.29, 1.82) is 5.41 Å². The van der Waals surface area contributed by atoms with E-state index in [1.54, 1.807) is 12.4 Å². The summed E-state index contributed by atoms with van der Waals surface area (Å²) in [4.78, 5) is 3.86. The molecule has 0 aliphatic heterocycles. The Hall–Kier alpha value is -1.38. The summed E-state index contributed by atoms with van der Waals surface area (Å²) in [6.45, 7) is 1.93. The number of nitrogens with zero attached hydrogens (tertiary/aromatic N) is 1. The van der Waals surface area contributed by atoms with E-state index >= 15 is 0 Å². The molecule has 1 aromatic rings. The van der Waals surface area contributed by atoms with Crippen LogP contribution in [-0.4, -0.2) is 11.2 Å². The van der Waals surface area contributed by atoms with Gasteiger partial charge in [0, 0.05) is 18.3 Å². The van der Waals surface area contributed by atoms with Crippen molar-refractivity contribution in [3.05, 3.63) is 24.0 Å². The maximum absolute atomic E-state index is 7.04. The third-order valence-electron chi connectivity index (χ3n) is 1.63. The van der Waals surface area contributed by atoms with Crippen molar-refractivity contribution in [2.45, 2.75) is 12.8 Å². The molecule has 3 N–H and O–H groups in total. The Morgan fingerprint density at radius 1 is 1.73 bits per heavy atom. The summed E-state index contributed by atoms with van der Waals surface area (Å²) in [6, 6.07) is 1.84. The van der Waals surface area contributed by atoms with Gasteiger partial charge < -0.3 is 11.1 Å². The largest absolute Gasteiger partial charge is 0.397 e. The second-order valence-corrected chi connectivity index (χ2v) is 2.46. The van der Waals surface area contributed by atoms with Crippen molar-refractivity contribution in [1.82, 2.24) is 4.98 Å². The van der Waals surface area contributed by atoms with Crippen LogP contribution in [0.3, 0.4) is 0 Å². The number of anilines is 1. The average molecular weight is 149 g/mol. The van der Waals surface area contributed by atoms with E-state index in [0.717, 1.165) is 5.56 Å². The lowest BCUT2D eigenvalue weighted by molar-refractivity contribution is 1.03. The summed E-state index contributed by atoms with van der Waals surface area (Å²) in [5.74, 6) is 0.0815. The van der Waals surface area contributed by atoms with E-state index in [-0.39, 0.29) is 5.92 Å².